The second-order valence-electron chi connectivity index (χ2n) is 6.86. The van der Waals surface area contributed by atoms with Crippen molar-refractivity contribution < 1.29 is 18.7 Å². The lowest BCUT2D eigenvalue weighted by molar-refractivity contribution is -0.153. The highest BCUT2D eigenvalue weighted by Gasteiger charge is 2.21. The Kier molecular flexibility index (Phi) is 5.89. The van der Waals surface area contributed by atoms with Crippen molar-refractivity contribution in [2.75, 3.05) is 0 Å². The van der Waals surface area contributed by atoms with Gasteiger partial charge in [-0.05, 0) is 57.5 Å². The molecular weight excluding hydrogens is 357 g/mol. The van der Waals surface area contributed by atoms with Gasteiger partial charge in [0.2, 0.25) is 0 Å². The van der Waals surface area contributed by atoms with E-state index in [9.17, 15) is 9.18 Å². The van der Waals surface area contributed by atoms with Crippen molar-refractivity contribution in [3.05, 3.63) is 57.9 Å². The predicted molar refractivity (Wildman–Crippen MR) is 96.9 cm³/mol. The van der Waals surface area contributed by atoms with Gasteiger partial charge in [0, 0.05) is 5.56 Å². The van der Waals surface area contributed by atoms with Crippen LogP contribution in [-0.2, 0) is 16.0 Å². The van der Waals surface area contributed by atoms with E-state index >= 15 is 0 Å². The highest BCUT2D eigenvalue weighted by molar-refractivity contribution is 6.32. The number of benzene rings is 2. The van der Waals surface area contributed by atoms with Crippen LogP contribution < -0.4 is 4.74 Å². The maximum Gasteiger partial charge on any atom is 0.310 e. The zero-order valence-corrected chi connectivity index (χ0v) is 15.8. The minimum Gasteiger partial charge on any atom is -0.460 e. The van der Waals surface area contributed by atoms with Crippen LogP contribution in [-0.4, -0.2) is 11.6 Å². The van der Waals surface area contributed by atoms with Crippen molar-refractivity contribution in [1.29, 1.82) is 5.26 Å². The Balaban J connectivity index is 2.31. The maximum atomic E-state index is 14.8. The first kappa shape index (κ1) is 19.7. The number of nitrogens with zero attached hydrogens (tertiary/aromatic N) is 1. The first-order valence-corrected chi connectivity index (χ1v) is 8.35. The molecule has 0 saturated heterocycles. The fourth-order valence-corrected chi connectivity index (χ4v) is 2.51. The fraction of sp³-hybridized carbons (Fsp3) is 0.300. The number of carbonyl (C=O) groups is 1. The Morgan fingerprint density at radius 1 is 1.27 bits per heavy atom. The van der Waals surface area contributed by atoms with Crippen LogP contribution in [0.25, 0.3) is 0 Å². The second-order valence-corrected chi connectivity index (χ2v) is 7.27. The van der Waals surface area contributed by atoms with Gasteiger partial charge in [0.25, 0.3) is 0 Å². The van der Waals surface area contributed by atoms with Gasteiger partial charge in [-0.2, -0.15) is 5.26 Å². The molecule has 4 nitrogen and oxygen atoms in total. The van der Waals surface area contributed by atoms with E-state index in [1.165, 1.54) is 18.2 Å². The Morgan fingerprint density at radius 2 is 1.96 bits per heavy atom. The Morgan fingerprint density at radius 3 is 2.58 bits per heavy atom. The SMILES string of the molecule is Cc1cc(C#N)cc(Oc2c(Cl)ccc(CC(=O)OC(C)(C)C)c2F)c1. The summed E-state index contributed by atoms with van der Waals surface area (Å²) in [7, 11) is 0. The van der Waals surface area contributed by atoms with E-state index in [0.29, 0.717) is 5.56 Å². The van der Waals surface area contributed by atoms with Gasteiger partial charge in [-0.25, -0.2) is 4.39 Å². The van der Waals surface area contributed by atoms with Crippen LogP contribution in [0.3, 0.4) is 0 Å². The summed E-state index contributed by atoms with van der Waals surface area (Å²) in [6.07, 6.45) is -0.242. The Labute approximate surface area is 157 Å². The van der Waals surface area contributed by atoms with Gasteiger partial charge in [0.05, 0.1) is 23.1 Å². The van der Waals surface area contributed by atoms with E-state index in [2.05, 4.69) is 0 Å². The van der Waals surface area contributed by atoms with Crippen molar-refractivity contribution in [3.8, 4) is 17.6 Å². The minimum atomic E-state index is -0.733. The van der Waals surface area contributed by atoms with E-state index in [0.717, 1.165) is 5.56 Å². The first-order valence-electron chi connectivity index (χ1n) is 7.97. The zero-order chi connectivity index (χ0) is 19.5. The van der Waals surface area contributed by atoms with E-state index in [4.69, 9.17) is 26.3 Å². The van der Waals surface area contributed by atoms with Crippen LogP contribution in [0.4, 0.5) is 4.39 Å². The highest BCUT2D eigenvalue weighted by atomic mass is 35.5. The van der Waals surface area contributed by atoms with Crippen molar-refractivity contribution in [1.82, 2.24) is 0 Å². The molecule has 136 valence electrons. The molecule has 0 saturated carbocycles. The number of esters is 1. The summed E-state index contributed by atoms with van der Waals surface area (Å²) < 4.78 is 25.6. The van der Waals surface area contributed by atoms with E-state index in [-0.39, 0.29) is 28.5 Å². The molecule has 0 amide bonds. The van der Waals surface area contributed by atoms with Crippen LogP contribution in [0, 0.1) is 24.1 Å². The van der Waals surface area contributed by atoms with Crippen LogP contribution >= 0.6 is 11.6 Å². The van der Waals surface area contributed by atoms with Crippen molar-refractivity contribution >= 4 is 17.6 Å². The normalized spacial score (nSPS) is 11.0. The standard InChI is InChI=1S/C20H19ClFNO3/c1-12-7-13(11-23)9-15(8-12)25-19-16(21)6-5-14(18(19)22)10-17(24)26-20(2,3)4/h5-9H,10H2,1-4H3. The van der Waals surface area contributed by atoms with Gasteiger partial charge in [-0.3, -0.25) is 4.79 Å². The smallest absolute Gasteiger partial charge is 0.310 e. The summed E-state index contributed by atoms with van der Waals surface area (Å²) in [5.41, 5.74) is 0.642. The van der Waals surface area contributed by atoms with Crippen molar-refractivity contribution in [2.24, 2.45) is 0 Å². The van der Waals surface area contributed by atoms with Crippen molar-refractivity contribution in [2.45, 2.75) is 39.7 Å². The predicted octanol–water partition coefficient (Wildman–Crippen LogP) is 5.34. The molecule has 2 aromatic rings. The van der Waals surface area contributed by atoms with Crippen LogP contribution in [0.5, 0.6) is 11.5 Å². The molecule has 0 spiro atoms. The molecule has 2 aromatic carbocycles. The molecule has 2 rings (SSSR count). The molecule has 0 aliphatic carbocycles. The van der Waals surface area contributed by atoms with E-state index in [1.54, 1.807) is 39.8 Å². The molecule has 0 aliphatic rings. The minimum absolute atomic E-state index is 0.0652. The number of hydrogen-bond acceptors (Lipinski definition) is 4. The third kappa shape index (κ3) is 5.21. The highest BCUT2D eigenvalue weighted by Crippen LogP contribution is 2.35. The number of halogens is 2. The summed E-state index contributed by atoms with van der Waals surface area (Å²) in [4.78, 5) is 12.0. The second kappa shape index (κ2) is 7.76. The Bertz CT molecular complexity index is 882. The summed E-state index contributed by atoms with van der Waals surface area (Å²) in [5.74, 6) is -1.19. The molecule has 0 atom stereocenters. The quantitative estimate of drug-likeness (QED) is 0.677. The molecule has 0 bridgehead atoms. The van der Waals surface area contributed by atoms with Crippen LogP contribution in [0.2, 0.25) is 5.02 Å². The molecule has 0 aromatic heterocycles. The molecule has 0 N–H and O–H groups in total. The monoisotopic (exact) mass is 375 g/mol. The van der Waals surface area contributed by atoms with Gasteiger partial charge >= 0.3 is 5.97 Å². The molecule has 0 aliphatic heterocycles. The van der Waals surface area contributed by atoms with Gasteiger partial charge in [0.15, 0.2) is 11.6 Å². The molecule has 6 heteroatoms. The van der Waals surface area contributed by atoms with Crippen LogP contribution in [0.1, 0.15) is 37.5 Å². The van der Waals surface area contributed by atoms with Gasteiger partial charge in [0.1, 0.15) is 11.4 Å². The average Bonchev–Trinajstić information content (AvgIpc) is 2.52. The molecule has 0 heterocycles. The Hall–Kier alpha value is -2.58. The third-order valence-electron chi connectivity index (χ3n) is 3.28. The summed E-state index contributed by atoms with van der Waals surface area (Å²) in [6, 6.07) is 9.73. The van der Waals surface area contributed by atoms with Gasteiger partial charge in [-0.15, -0.1) is 0 Å². The number of rotatable bonds is 4. The van der Waals surface area contributed by atoms with E-state index < -0.39 is 17.4 Å². The fourth-order valence-electron chi connectivity index (χ4n) is 2.33. The topological polar surface area (TPSA) is 59.3 Å². The van der Waals surface area contributed by atoms with Gasteiger partial charge < -0.3 is 9.47 Å². The summed E-state index contributed by atoms with van der Waals surface area (Å²) in [6.45, 7) is 7.01. The molecular formula is C20H19ClFNO3. The van der Waals surface area contributed by atoms with E-state index in [1.807, 2.05) is 6.07 Å². The number of ether oxygens (including phenoxy) is 2. The molecule has 0 fully saturated rings. The lowest BCUT2D eigenvalue weighted by Crippen LogP contribution is -2.25. The average molecular weight is 376 g/mol. The number of nitriles is 1. The first-order chi connectivity index (χ1) is 12.1. The van der Waals surface area contributed by atoms with Crippen LogP contribution in [0.15, 0.2) is 30.3 Å². The largest absolute Gasteiger partial charge is 0.460 e. The number of aryl methyl sites for hydroxylation is 1. The lowest BCUT2D eigenvalue weighted by atomic mass is 10.1. The lowest BCUT2D eigenvalue weighted by Gasteiger charge is -2.20. The zero-order valence-electron chi connectivity index (χ0n) is 15.0. The number of carbonyl (C=O) groups excluding carboxylic acids is 1. The molecule has 0 radical (unpaired) electrons. The summed E-state index contributed by atoms with van der Waals surface area (Å²) >= 11 is 6.06. The maximum absolute atomic E-state index is 14.8. The van der Waals surface area contributed by atoms with Gasteiger partial charge in [-0.1, -0.05) is 17.7 Å². The molecule has 26 heavy (non-hydrogen) atoms. The van der Waals surface area contributed by atoms with Crippen molar-refractivity contribution in [3.63, 3.8) is 0 Å². The molecule has 0 unspecified atom stereocenters. The summed E-state index contributed by atoms with van der Waals surface area (Å²) in [5, 5.41) is 9.11. The third-order valence-corrected chi connectivity index (χ3v) is 3.58. The number of hydrogen-bond donors (Lipinski definition) is 0.